The van der Waals surface area contributed by atoms with E-state index < -0.39 is 5.92 Å². The second-order valence-corrected chi connectivity index (χ2v) is 11.9. The summed E-state index contributed by atoms with van der Waals surface area (Å²) in [5.74, 6) is -0.306. The summed E-state index contributed by atoms with van der Waals surface area (Å²) in [5, 5.41) is 1.02. The number of Topliss-reactive ketones (excluding diaryl/α,β-unsaturated/α-hetero) is 1. The molecular weight excluding hydrogens is 462 g/mol. The summed E-state index contributed by atoms with van der Waals surface area (Å²) in [7, 11) is 0. The molecule has 0 spiro atoms. The van der Waals surface area contributed by atoms with Crippen molar-refractivity contribution in [1.82, 2.24) is 14.8 Å². The van der Waals surface area contributed by atoms with Gasteiger partial charge in [-0.05, 0) is 41.2 Å². The molecular formula is C31H33N3O3. The van der Waals surface area contributed by atoms with Crippen molar-refractivity contribution in [2.24, 2.45) is 11.3 Å². The number of para-hydroxylation sites is 1. The molecule has 37 heavy (non-hydrogen) atoms. The van der Waals surface area contributed by atoms with Crippen molar-refractivity contribution in [1.29, 1.82) is 0 Å². The molecule has 3 aliphatic rings. The monoisotopic (exact) mass is 495 g/mol. The number of benzene rings is 2. The maximum Gasteiger partial charge on any atom is 0.270 e. The fraction of sp³-hybridized carbons (Fsp3) is 0.387. The van der Waals surface area contributed by atoms with E-state index in [2.05, 4.69) is 11.1 Å². The highest BCUT2D eigenvalue weighted by Crippen LogP contribution is 2.38. The van der Waals surface area contributed by atoms with Crippen LogP contribution in [0.4, 0.5) is 0 Å². The topological polar surface area (TPSA) is 73.5 Å². The Morgan fingerprint density at radius 1 is 0.973 bits per heavy atom. The van der Waals surface area contributed by atoms with E-state index in [1.165, 1.54) is 5.56 Å². The highest BCUT2D eigenvalue weighted by molar-refractivity contribution is 6.04. The molecule has 2 aromatic carbocycles. The number of piperazine rings is 1. The first-order valence-corrected chi connectivity index (χ1v) is 13.2. The molecule has 0 saturated carbocycles. The third-order valence-corrected chi connectivity index (χ3v) is 8.40. The Labute approximate surface area is 217 Å². The van der Waals surface area contributed by atoms with Gasteiger partial charge >= 0.3 is 0 Å². The van der Waals surface area contributed by atoms with Gasteiger partial charge in [0.05, 0.1) is 18.0 Å². The maximum atomic E-state index is 13.9. The number of hydrogen-bond acceptors (Lipinski definition) is 3. The number of rotatable bonds is 5. The number of nitrogens with zero attached hydrogens (tertiary/aromatic N) is 2. The Hall–Kier alpha value is -3.67. The first-order valence-electron chi connectivity index (χ1n) is 13.2. The van der Waals surface area contributed by atoms with Crippen LogP contribution in [0.5, 0.6) is 0 Å². The van der Waals surface area contributed by atoms with Gasteiger partial charge in [-0.3, -0.25) is 14.4 Å². The van der Waals surface area contributed by atoms with E-state index in [1.807, 2.05) is 85.2 Å². The Morgan fingerprint density at radius 3 is 2.38 bits per heavy atom. The standard InChI is InChI=1S/C31H33N3O3/c1-31(2,3)25(16-28(35)22-12-19-8-4-5-9-20(19)13-22)29(36)33-17-24-15-23(33)18-34(24)30(37)27-14-21-10-6-7-11-26(21)32-27/h4-12,14,23-25,32H,13,15-18H2,1-3H3/t23-,24-,25+/m0/s1. The molecule has 6 rings (SSSR count). The molecule has 190 valence electrons. The number of amides is 2. The summed E-state index contributed by atoms with van der Waals surface area (Å²) in [4.78, 5) is 47.6. The molecule has 2 aliphatic heterocycles. The molecule has 2 amide bonds. The third kappa shape index (κ3) is 4.18. The molecule has 3 aromatic rings. The van der Waals surface area contributed by atoms with Crippen LogP contribution in [0.15, 0.2) is 60.2 Å². The van der Waals surface area contributed by atoms with Gasteiger partial charge in [-0.25, -0.2) is 0 Å². The number of likely N-dealkylation sites (tertiary alicyclic amines) is 2. The van der Waals surface area contributed by atoms with Crippen LogP contribution >= 0.6 is 0 Å². The van der Waals surface area contributed by atoms with Gasteiger partial charge in [-0.1, -0.05) is 63.2 Å². The van der Waals surface area contributed by atoms with E-state index >= 15 is 0 Å². The smallest absolute Gasteiger partial charge is 0.270 e. The molecule has 2 bridgehead atoms. The van der Waals surface area contributed by atoms with E-state index in [9.17, 15) is 14.4 Å². The fourth-order valence-electron chi connectivity index (χ4n) is 6.27. The van der Waals surface area contributed by atoms with Gasteiger partial charge in [0.2, 0.25) is 5.91 Å². The number of ketones is 1. The lowest BCUT2D eigenvalue weighted by molar-refractivity contribution is -0.143. The zero-order chi connectivity index (χ0) is 25.9. The van der Waals surface area contributed by atoms with Crippen LogP contribution in [0.25, 0.3) is 17.0 Å². The van der Waals surface area contributed by atoms with Crippen LogP contribution in [-0.4, -0.2) is 57.6 Å². The van der Waals surface area contributed by atoms with Crippen LogP contribution in [0.1, 0.15) is 55.2 Å². The number of carbonyl (C=O) groups excluding carboxylic acids is 3. The van der Waals surface area contributed by atoms with Crippen LogP contribution in [0.2, 0.25) is 0 Å². The van der Waals surface area contributed by atoms with E-state index in [0.717, 1.165) is 28.5 Å². The minimum atomic E-state index is -0.401. The maximum absolute atomic E-state index is 13.9. The zero-order valence-corrected chi connectivity index (χ0v) is 21.7. The van der Waals surface area contributed by atoms with Crippen molar-refractivity contribution in [3.05, 3.63) is 77.0 Å². The van der Waals surface area contributed by atoms with E-state index in [4.69, 9.17) is 0 Å². The minimum Gasteiger partial charge on any atom is -0.351 e. The summed E-state index contributed by atoms with van der Waals surface area (Å²) in [6.07, 6.45) is 3.63. The van der Waals surface area contributed by atoms with Crippen molar-refractivity contribution in [2.75, 3.05) is 13.1 Å². The lowest BCUT2D eigenvalue weighted by Gasteiger charge is -2.39. The van der Waals surface area contributed by atoms with Crippen LogP contribution in [0, 0.1) is 11.3 Å². The molecule has 6 heteroatoms. The molecule has 3 heterocycles. The molecule has 0 unspecified atom stereocenters. The number of hydrogen-bond donors (Lipinski definition) is 1. The summed E-state index contributed by atoms with van der Waals surface area (Å²) in [5.41, 5.74) is 4.25. The average molecular weight is 496 g/mol. The number of H-pyrrole nitrogens is 1. The van der Waals surface area contributed by atoms with Crippen LogP contribution in [-0.2, 0) is 16.0 Å². The van der Waals surface area contributed by atoms with Crippen LogP contribution < -0.4 is 0 Å². The molecule has 2 saturated heterocycles. The van der Waals surface area contributed by atoms with E-state index in [1.54, 1.807) is 0 Å². The fourth-order valence-corrected chi connectivity index (χ4v) is 6.27. The molecule has 2 fully saturated rings. The molecule has 6 nitrogen and oxygen atoms in total. The predicted octanol–water partition coefficient (Wildman–Crippen LogP) is 4.85. The normalized spacial score (nSPS) is 21.3. The van der Waals surface area contributed by atoms with Gasteiger partial charge < -0.3 is 14.8 Å². The minimum absolute atomic E-state index is 0.000677. The van der Waals surface area contributed by atoms with Gasteiger partial charge in [0, 0.05) is 42.4 Å². The SMILES string of the molecule is CC(C)(C)[C@H](CC(=O)C1=Cc2ccccc2C1)C(=O)N1C[C@@H]2C[C@H]1CN2C(=O)c1cc2ccccc2[nH]1. The number of aromatic nitrogens is 1. The first-order chi connectivity index (χ1) is 17.7. The number of fused-ring (bicyclic) bond motifs is 4. The number of carbonyl (C=O) groups is 3. The second-order valence-electron chi connectivity index (χ2n) is 11.9. The number of aromatic amines is 1. The van der Waals surface area contributed by atoms with Crippen LogP contribution in [0.3, 0.4) is 0 Å². The highest BCUT2D eigenvalue weighted by Gasteiger charge is 2.50. The molecule has 1 aromatic heterocycles. The van der Waals surface area contributed by atoms with Gasteiger partial charge in [-0.2, -0.15) is 0 Å². The number of nitrogens with one attached hydrogen (secondary N) is 1. The highest BCUT2D eigenvalue weighted by atomic mass is 16.2. The van der Waals surface area contributed by atoms with Gasteiger partial charge in [-0.15, -0.1) is 0 Å². The molecule has 3 atom stereocenters. The van der Waals surface area contributed by atoms with Crippen molar-refractivity contribution < 1.29 is 14.4 Å². The molecule has 1 N–H and O–H groups in total. The van der Waals surface area contributed by atoms with Gasteiger partial charge in [0.25, 0.3) is 5.91 Å². The Bertz CT molecular complexity index is 1410. The van der Waals surface area contributed by atoms with Crippen molar-refractivity contribution in [3.63, 3.8) is 0 Å². The average Bonchev–Trinajstić information content (AvgIpc) is 3.66. The summed E-state index contributed by atoms with van der Waals surface area (Å²) in [6.45, 7) is 7.20. The quantitative estimate of drug-likeness (QED) is 0.550. The van der Waals surface area contributed by atoms with E-state index in [0.29, 0.717) is 25.2 Å². The van der Waals surface area contributed by atoms with Gasteiger partial charge in [0.1, 0.15) is 5.69 Å². The lowest BCUT2D eigenvalue weighted by atomic mass is 9.76. The van der Waals surface area contributed by atoms with Crippen molar-refractivity contribution >= 4 is 34.6 Å². The lowest BCUT2D eigenvalue weighted by Crippen LogP contribution is -2.53. The Balaban J connectivity index is 1.14. The summed E-state index contributed by atoms with van der Waals surface area (Å²) in [6, 6.07) is 17.9. The van der Waals surface area contributed by atoms with E-state index in [-0.39, 0.29) is 41.5 Å². The summed E-state index contributed by atoms with van der Waals surface area (Å²) < 4.78 is 0. The molecule has 0 radical (unpaired) electrons. The van der Waals surface area contributed by atoms with Crippen molar-refractivity contribution in [2.45, 2.75) is 52.1 Å². The molecule has 1 aliphatic carbocycles. The second kappa shape index (κ2) is 8.72. The Morgan fingerprint density at radius 2 is 1.68 bits per heavy atom. The Kier molecular flexibility index (Phi) is 5.59. The largest absolute Gasteiger partial charge is 0.351 e. The first kappa shape index (κ1) is 23.7. The van der Waals surface area contributed by atoms with Gasteiger partial charge in [0.15, 0.2) is 5.78 Å². The number of allylic oxidation sites excluding steroid dienone is 1. The zero-order valence-electron chi connectivity index (χ0n) is 21.7. The third-order valence-electron chi connectivity index (χ3n) is 8.40. The van der Waals surface area contributed by atoms with Crippen molar-refractivity contribution in [3.8, 4) is 0 Å². The predicted molar refractivity (Wildman–Crippen MR) is 144 cm³/mol. The summed E-state index contributed by atoms with van der Waals surface area (Å²) >= 11 is 0.